The zero-order valence-electron chi connectivity index (χ0n) is 13.2. The van der Waals surface area contributed by atoms with Crippen LogP contribution >= 0.6 is 11.6 Å². The molecule has 1 heterocycles. The molecule has 2 rings (SSSR count). The van der Waals surface area contributed by atoms with Gasteiger partial charge in [0.15, 0.2) is 0 Å². The molecule has 0 saturated carbocycles. The molecule has 0 amide bonds. The van der Waals surface area contributed by atoms with Gasteiger partial charge in [-0.2, -0.15) is 0 Å². The van der Waals surface area contributed by atoms with Gasteiger partial charge in [-0.1, -0.05) is 23.7 Å². The summed E-state index contributed by atoms with van der Waals surface area (Å²) in [5.74, 6) is 0. The van der Waals surface area contributed by atoms with Crippen LogP contribution in [0.5, 0.6) is 0 Å². The average Bonchev–Trinajstić information content (AvgIpc) is 2.38. The number of nitrogens with zero attached hydrogens (tertiary/aromatic N) is 1. The second-order valence-electron chi connectivity index (χ2n) is 6.27. The van der Waals surface area contributed by atoms with Crippen molar-refractivity contribution in [1.82, 2.24) is 9.62 Å². The molecule has 7 heteroatoms. The van der Waals surface area contributed by atoms with E-state index in [9.17, 15) is 8.42 Å². The first-order valence-corrected chi connectivity index (χ1v) is 9.51. The van der Waals surface area contributed by atoms with Gasteiger partial charge in [0.1, 0.15) is 0 Å². The largest absolute Gasteiger partial charge is 0.373 e. The molecular weight excluding hydrogens is 324 g/mol. The van der Waals surface area contributed by atoms with Gasteiger partial charge in [0.05, 0.1) is 18.5 Å². The Morgan fingerprint density at radius 3 is 2.55 bits per heavy atom. The number of hydrogen-bond donors (Lipinski definition) is 1. The van der Waals surface area contributed by atoms with E-state index >= 15 is 0 Å². The van der Waals surface area contributed by atoms with Crippen LogP contribution in [0.2, 0.25) is 5.02 Å². The van der Waals surface area contributed by atoms with Crippen LogP contribution in [0, 0.1) is 0 Å². The lowest BCUT2D eigenvalue weighted by molar-refractivity contribution is -0.0970. The van der Waals surface area contributed by atoms with Crippen LogP contribution in [-0.4, -0.2) is 51.4 Å². The van der Waals surface area contributed by atoms with E-state index in [-0.39, 0.29) is 11.6 Å². The molecule has 1 fully saturated rings. The number of sulfonamides is 1. The first kappa shape index (κ1) is 17.7. The summed E-state index contributed by atoms with van der Waals surface area (Å²) in [4.78, 5) is 2.25. The van der Waals surface area contributed by atoms with Gasteiger partial charge in [-0.25, -0.2) is 13.1 Å². The van der Waals surface area contributed by atoms with Crippen molar-refractivity contribution in [3.05, 3.63) is 34.9 Å². The van der Waals surface area contributed by atoms with Crippen molar-refractivity contribution < 1.29 is 13.2 Å². The summed E-state index contributed by atoms with van der Waals surface area (Å²) in [5, 5.41) is 0.667. The Balaban J connectivity index is 2.22. The van der Waals surface area contributed by atoms with Gasteiger partial charge in [-0.05, 0) is 31.5 Å². The van der Waals surface area contributed by atoms with Crippen LogP contribution < -0.4 is 4.72 Å². The van der Waals surface area contributed by atoms with Crippen LogP contribution in [0.15, 0.2) is 24.3 Å². The number of rotatable bonds is 5. The molecule has 1 aromatic carbocycles. The maximum absolute atomic E-state index is 11.5. The van der Waals surface area contributed by atoms with Gasteiger partial charge < -0.3 is 4.74 Å². The SMILES string of the molecule is CC1(C)CN([C@@H](CNS(C)(=O)=O)c2ccc(Cl)cc2)CCO1. The smallest absolute Gasteiger partial charge is 0.208 e. The summed E-state index contributed by atoms with van der Waals surface area (Å²) in [6.45, 7) is 6.56. The summed E-state index contributed by atoms with van der Waals surface area (Å²) in [6.07, 6.45) is 1.18. The molecule has 1 aliphatic heterocycles. The van der Waals surface area contributed by atoms with Crippen molar-refractivity contribution in [2.24, 2.45) is 0 Å². The van der Waals surface area contributed by atoms with Gasteiger partial charge in [-0.3, -0.25) is 4.90 Å². The minimum atomic E-state index is -3.24. The van der Waals surface area contributed by atoms with Crippen LogP contribution in [0.4, 0.5) is 0 Å². The van der Waals surface area contributed by atoms with Gasteiger partial charge in [0, 0.05) is 30.7 Å². The number of benzene rings is 1. The molecular formula is C15H23ClN2O3S. The first-order chi connectivity index (χ1) is 10.2. The van der Waals surface area contributed by atoms with Gasteiger partial charge >= 0.3 is 0 Å². The van der Waals surface area contributed by atoms with Crippen molar-refractivity contribution in [1.29, 1.82) is 0 Å². The van der Waals surface area contributed by atoms with E-state index in [1.54, 1.807) is 0 Å². The third kappa shape index (κ3) is 5.21. The second kappa shape index (κ2) is 6.84. The minimum absolute atomic E-state index is 0.0461. The zero-order chi connectivity index (χ0) is 16.4. The molecule has 0 bridgehead atoms. The summed E-state index contributed by atoms with van der Waals surface area (Å²) in [6, 6.07) is 7.50. The summed E-state index contributed by atoms with van der Waals surface area (Å²) >= 11 is 5.95. The molecule has 1 saturated heterocycles. The third-order valence-electron chi connectivity index (χ3n) is 3.69. The third-order valence-corrected chi connectivity index (χ3v) is 4.63. The molecule has 0 spiro atoms. The van der Waals surface area contributed by atoms with Crippen LogP contribution in [0.1, 0.15) is 25.5 Å². The van der Waals surface area contributed by atoms with E-state index in [2.05, 4.69) is 9.62 Å². The number of nitrogens with one attached hydrogen (secondary N) is 1. The highest BCUT2D eigenvalue weighted by Crippen LogP contribution is 2.27. The maximum atomic E-state index is 11.5. The normalized spacial score (nSPS) is 20.7. The Morgan fingerprint density at radius 1 is 1.36 bits per heavy atom. The van der Waals surface area contributed by atoms with E-state index in [4.69, 9.17) is 16.3 Å². The Kier molecular flexibility index (Phi) is 5.50. The van der Waals surface area contributed by atoms with Gasteiger partial charge in [0.2, 0.25) is 10.0 Å². The zero-order valence-corrected chi connectivity index (χ0v) is 14.7. The van der Waals surface area contributed by atoms with Gasteiger partial charge in [0.25, 0.3) is 0 Å². The van der Waals surface area contributed by atoms with Crippen molar-refractivity contribution in [2.45, 2.75) is 25.5 Å². The topological polar surface area (TPSA) is 58.6 Å². The van der Waals surface area contributed by atoms with Crippen molar-refractivity contribution >= 4 is 21.6 Å². The lowest BCUT2D eigenvalue weighted by atomic mass is 10.0. The number of halogens is 1. The van der Waals surface area contributed by atoms with Gasteiger partial charge in [-0.15, -0.1) is 0 Å². The summed E-state index contributed by atoms with van der Waals surface area (Å²) < 4.78 is 31.3. The second-order valence-corrected chi connectivity index (χ2v) is 8.54. The van der Waals surface area contributed by atoms with Crippen molar-refractivity contribution in [3.63, 3.8) is 0 Å². The highest BCUT2D eigenvalue weighted by molar-refractivity contribution is 7.88. The minimum Gasteiger partial charge on any atom is -0.373 e. The highest BCUT2D eigenvalue weighted by atomic mass is 35.5. The van der Waals surface area contributed by atoms with Crippen LogP contribution in [0.3, 0.4) is 0 Å². The standard InChI is InChI=1S/C15H23ClN2O3S/c1-15(2)11-18(8-9-21-15)14(10-17-22(3,19)20)12-4-6-13(16)7-5-12/h4-7,14,17H,8-11H2,1-3H3/t14-/m0/s1. The monoisotopic (exact) mass is 346 g/mol. The fourth-order valence-electron chi connectivity index (χ4n) is 2.69. The van der Waals surface area contributed by atoms with E-state index < -0.39 is 10.0 Å². The Labute approximate surface area is 137 Å². The Morgan fingerprint density at radius 2 is 2.00 bits per heavy atom. The molecule has 1 N–H and O–H groups in total. The highest BCUT2D eigenvalue weighted by Gasteiger charge is 2.32. The van der Waals surface area contributed by atoms with Crippen LogP contribution in [0.25, 0.3) is 0 Å². The van der Waals surface area contributed by atoms with Crippen molar-refractivity contribution in [2.75, 3.05) is 32.5 Å². The molecule has 0 unspecified atom stereocenters. The number of hydrogen-bond acceptors (Lipinski definition) is 4. The molecule has 22 heavy (non-hydrogen) atoms. The molecule has 1 aromatic rings. The quantitative estimate of drug-likeness (QED) is 0.886. The fraction of sp³-hybridized carbons (Fsp3) is 0.600. The molecule has 1 aliphatic rings. The van der Waals surface area contributed by atoms with Crippen LogP contribution in [-0.2, 0) is 14.8 Å². The average molecular weight is 347 g/mol. The Bertz CT molecular complexity index is 602. The summed E-state index contributed by atoms with van der Waals surface area (Å²) in [7, 11) is -3.24. The van der Waals surface area contributed by atoms with E-state index in [0.29, 0.717) is 18.2 Å². The number of ether oxygens (including phenoxy) is 1. The summed E-state index contributed by atoms with van der Waals surface area (Å²) in [5.41, 5.74) is 0.798. The van der Waals surface area contributed by atoms with E-state index in [1.165, 1.54) is 6.26 Å². The van der Waals surface area contributed by atoms with E-state index in [0.717, 1.165) is 18.7 Å². The molecule has 1 atom stereocenters. The number of morpholine rings is 1. The molecule has 0 aromatic heterocycles. The fourth-order valence-corrected chi connectivity index (χ4v) is 3.28. The first-order valence-electron chi connectivity index (χ1n) is 7.24. The maximum Gasteiger partial charge on any atom is 0.208 e. The lowest BCUT2D eigenvalue weighted by Crippen LogP contribution is -2.51. The predicted molar refractivity (Wildman–Crippen MR) is 88.6 cm³/mol. The predicted octanol–water partition coefficient (Wildman–Crippen LogP) is 2.04. The molecule has 0 aliphatic carbocycles. The molecule has 124 valence electrons. The molecule has 0 radical (unpaired) electrons. The van der Waals surface area contributed by atoms with Crippen molar-refractivity contribution in [3.8, 4) is 0 Å². The Hall–Kier alpha value is -0.660. The molecule has 5 nitrogen and oxygen atoms in total. The lowest BCUT2D eigenvalue weighted by Gasteiger charge is -2.42. The van der Waals surface area contributed by atoms with E-state index in [1.807, 2.05) is 38.1 Å².